The molecule has 2 rings (SSSR count). The first-order valence-electron chi connectivity index (χ1n) is 6.45. The van der Waals surface area contributed by atoms with Crippen LogP contribution in [-0.2, 0) is 20.0 Å². The average Bonchev–Trinajstić information content (AvgIpc) is 2.92. The first kappa shape index (κ1) is 13.3. The van der Waals surface area contributed by atoms with Gasteiger partial charge in [-0.3, -0.25) is 4.68 Å². The summed E-state index contributed by atoms with van der Waals surface area (Å²) in [6.45, 7) is 7.44. The molecule has 0 radical (unpaired) electrons. The van der Waals surface area contributed by atoms with Crippen molar-refractivity contribution in [1.29, 1.82) is 0 Å². The maximum absolute atomic E-state index is 4.50. The number of nitrogens with zero attached hydrogens (tertiary/aromatic N) is 2. The molecule has 0 aliphatic carbocycles. The summed E-state index contributed by atoms with van der Waals surface area (Å²) in [5, 5.41) is 7.95. The summed E-state index contributed by atoms with van der Waals surface area (Å²) in [5.74, 6) is 0. The molecule has 0 bridgehead atoms. The Morgan fingerprint density at radius 1 is 1.39 bits per heavy atom. The number of nitrogens with one attached hydrogen (secondary N) is 1. The maximum Gasteiger partial charge on any atom is 0.0708 e. The molecule has 98 valence electrons. The zero-order valence-electron chi connectivity index (χ0n) is 11.5. The number of aryl methyl sites for hydroxylation is 2. The molecule has 0 aliphatic heterocycles. The van der Waals surface area contributed by atoms with Gasteiger partial charge in [-0.2, -0.15) is 5.10 Å². The molecule has 2 heterocycles. The lowest BCUT2D eigenvalue weighted by molar-refractivity contribution is 0.593. The molecule has 0 saturated heterocycles. The lowest BCUT2D eigenvalue weighted by Gasteiger charge is -2.05. The van der Waals surface area contributed by atoms with Crippen LogP contribution < -0.4 is 5.32 Å². The van der Waals surface area contributed by atoms with Gasteiger partial charge in [-0.1, -0.05) is 20.8 Å². The molecule has 0 amide bonds. The number of thiophene rings is 1. The van der Waals surface area contributed by atoms with E-state index in [1.165, 1.54) is 21.0 Å². The highest BCUT2D eigenvalue weighted by Crippen LogP contribution is 2.30. The van der Waals surface area contributed by atoms with Gasteiger partial charge < -0.3 is 5.32 Å². The molecule has 0 saturated carbocycles. The lowest BCUT2D eigenvalue weighted by atomic mass is 10.2. The fourth-order valence-corrected chi connectivity index (χ4v) is 2.91. The number of hydrogen-bond donors (Lipinski definition) is 1. The molecule has 1 N–H and O–H groups in total. The van der Waals surface area contributed by atoms with Crippen LogP contribution in [0, 0.1) is 0 Å². The zero-order valence-corrected chi connectivity index (χ0v) is 12.3. The predicted molar refractivity (Wildman–Crippen MR) is 77.9 cm³/mol. The first-order valence-corrected chi connectivity index (χ1v) is 7.26. The van der Waals surface area contributed by atoms with E-state index in [9.17, 15) is 0 Å². The van der Waals surface area contributed by atoms with Crippen LogP contribution in [0.5, 0.6) is 0 Å². The maximum atomic E-state index is 4.50. The van der Waals surface area contributed by atoms with Crippen LogP contribution in [-0.4, -0.2) is 15.8 Å². The Labute approximate surface area is 113 Å². The van der Waals surface area contributed by atoms with E-state index in [1.807, 2.05) is 23.1 Å². The normalized spacial score (nSPS) is 11.4. The second-order valence-electron chi connectivity index (χ2n) is 4.82. The summed E-state index contributed by atoms with van der Waals surface area (Å²) in [5.41, 5.74) is 2.46. The van der Waals surface area contributed by atoms with Gasteiger partial charge in [0.25, 0.3) is 0 Å². The predicted octanol–water partition coefficient (Wildman–Crippen LogP) is 3.21. The SMILES string of the molecule is CCc1nn(C)cc1-c1ccc(CNC(C)C)s1. The molecule has 0 aliphatic rings. The van der Waals surface area contributed by atoms with Gasteiger partial charge >= 0.3 is 0 Å². The fourth-order valence-electron chi connectivity index (χ4n) is 1.92. The highest BCUT2D eigenvalue weighted by Gasteiger charge is 2.10. The van der Waals surface area contributed by atoms with Crippen molar-refractivity contribution in [1.82, 2.24) is 15.1 Å². The topological polar surface area (TPSA) is 29.9 Å². The van der Waals surface area contributed by atoms with Crippen molar-refractivity contribution >= 4 is 11.3 Å². The van der Waals surface area contributed by atoms with Gasteiger partial charge in [-0.25, -0.2) is 0 Å². The Bertz CT molecular complexity index is 511. The molecule has 0 atom stereocenters. The third-order valence-electron chi connectivity index (χ3n) is 2.85. The Morgan fingerprint density at radius 3 is 2.83 bits per heavy atom. The quantitative estimate of drug-likeness (QED) is 0.897. The smallest absolute Gasteiger partial charge is 0.0708 e. The van der Waals surface area contributed by atoms with E-state index in [-0.39, 0.29) is 0 Å². The highest BCUT2D eigenvalue weighted by molar-refractivity contribution is 7.15. The van der Waals surface area contributed by atoms with Crippen LogP contribution in [0.25, 0.3) is 10.4 Å². The van der Waals surface area contributed by atoms with Crippen molar-refractivity contribution in [2.45, 2.75) is 39.8 Å². The summed E-state index contributed by atoms with van der Waals surface area (Å²) in [6, 6.07) is 4.94. The Hall–Kier alpha value is -1.13. The van der Waals surface area contributed by atoms with E-state index in [0.29, 0.717) is 6.04 Å². The minimum Gasteiger partial charge on any atom is -0.310 e. The molecule has 0 unspecified atom stereocenters. The van der Waals surface area contributed by atoms with Crippen molar-refractivity contribution in [2.24, 2.45) is 7.05 Å². The summed E-state index contributed by atoms with van der Waals surface area (Å²) in [7, 11) is 1.98. The average molecular weight is 263 g/mol. The van der Waals surface area contributed by atoms with Crippen molar-refractivity contribution in [3.05, 3.63) is 28.9 Å². The van der Waals surface area contributed by atoms with Crippen LogP contribution in [0.15, 0.2) is 18.3 Å². The van der Waals surface area contributed by atoms with Crippen LogP contribution >= 0.6 is 11.3 Å². The Kier molecular flexibility index (Phi) is 4.19. The van der Waals surface area contributed by atoms with Crippen LogP contribution in [0.1, 0.15) is 31.3 Å². The first-order chi connectivity index (χ1) is 8.60. The third-order valence-corrected chi connectivity index (χ3v) is 3.97. The van der Waals surface area contributed by atoms with Gasteiger partial charge in [0.05, 0.1) is 5.69 Å². The van der Waals surface area contributed by atoms with Gasteiger partial charge in [0.15, 0.2) is 0 Å². The molecule has 0 fully saturated rings. The lowest BCUT2D eigenvalue weighted by Crippen LogP contribution is -2.21. The largest absolute Gasteiger partial charge is 0.310 e. The molecular formula is C14H21N3S. The van der Waals surface area contributed by atoms with Gasteiger partial charge in [-0.15, -0.1) is 11.3 Å². The van der Waals surface area contributed by atoms with Gasteiger partial charge in [0.1, 0.15) is 0 Å². The van der Waals surface area contributed by atoms with Crippen molar-refractivity contribution in [3.8, 4) is 10.4 Å². The van der Waals surface area contributed by atoms with E-state index in [1.54, 1.807) is 0 Å². The van der Waals surface area contributed by atoms with E-state index in [2.05, 4.69) is 49.5 Å². The van der Waals surface area contributed by atoms with Crippen molar-refractivity contribution in [2.75, 3.05) is 0 Å². The van der Waals surface area contributed by atoms with Gasteiger partial charge in [0.2, 0.25) is 0 Å². The third kappa shape index (κ3) is 3.00. The molecule has 0 aromatic carbocycles. The van der Waals surface area contributed by atoms with E-state index in [0.717, 1.165) is 13.0 Å². The van der Waals surface area contributed by atoms with Crippen LogP contribution in [0.2, 0.25) is 0 Å². The highest BCUT2D eigenvalue weighted by atomic mass is 32.1. The van der Waals surface area contributed by atoms with E-state index >= 15 is 0 Å². The molecule has 0 spiro atoms. The zero-order chi connectivity index (χ0) is 13.1. The summed E-state index contributed by atoms with van der Waals surface area (Å²) >= 11 is 1.85. The van der Waals surface area contributed by atoms with Crippen molar-refractivity contribution in [3.63, 3.8) is 0 Å². The number of aromatic nitrogens is 2. The summed E-state index contributed by atoms with van der Waals surface area (Å²) < 4.78 is 1.90. The second-order valence-corrected chi connectivity index (χ2v) is 5.99. The minimum atomic E-state index is 0.528. The minimum absolute atomic E-state index is 0.528. The monoisotopic (exact) mass is 263 g/mol. The standard InChI is InChI=1S/C14H21N3S/c1-5-13-12(9-17(4)16-13)14-7-6-11(18-14)8-15-10(2)3/h6-7,9-10,15H,5,8H2,1-4H3. The van der Waals surface area contributed by atoms with Crippen LogP contribution in [0.3, 0.4) is 0 Å². The van der Waals surface area contributed by atoms with Crippen LogP contribution in [0.4, 0.5) is 0 Å². The molecule has 3 nitrogen and oxygen atoms in total. The molecule has 2 aromatic rings. The Morgan fingerprint density at radius 2 is 2.17 bits per heavy atom. The Balaban J connectivity index is 2.18. The van der Waals surface area contributed by atoms with E-state index < -0.39 is 0 Å². The summed E-state index contributed by atoms with van der Waals surface area (Å²) in [6.07, 6.45) is 3.10. The molecule has 18 heavy (non-hydrogen) atoms. The number of rotatable bonds is 5. The number of hydrogen-bond acceptors (Lipinski definition) is 3. The molecule has 4 heteroatoms. The van der Waals surface area contributed by atoms with Gasteiger partial charge in [-0.05, 0) is 18.6 Å². The molecular weight excluding hydrogens is 242 g/mol. The van der Waals surface area contributed by atoms with E-state index in [4.69, 9.17) is 0 Å². The van der Waals surface area contributed by atoms with Crippen molar-refractivity contribution < 1.29 is 0 Å². The van der Waals surface area contributed by atoms with Gasteiger partial charge in [0, 0.05) is 41.1 Å². The fraction of sp³-hybridized carbons (Fsp3) is 0.500. The molecule has 2 aromatic heterocycles. The second kappa shape index (κ2) is 5.67. The summed E-state index contributed by atoms with van der Waals surface area (Å²) in [4.78, 5) is 2.70.